The molecule has 0 atom stereocenters. The van der Waals surface area contributed by atoms with Crippen LogP contribution in [0.1, 0.15) is 16.1 Å². The van der Waals surface area contributed by atoms with Gasteiger partial charge in [0.25, 0.3) is 5.91 Å². The number of aromatic nitrogens is 1. The van der Waals surface area contributed by atoms with E-state index >= 15 is 0 Å². The molecule has 1 N–H and O–H groups in total. The summed E-state index contributed by atoms with van der Waals surface area (Å²) in [7, 11) is 0. The number of nitrogens with one attached hydrogen (secondary N) is 1. The first-order chi connectivity index (χ1) is 8.27. The molecule has 1 aromatic heterocycles. The Bertz CT molecular complexity index is 497. The van der Waals surface area contributed by atoms with E-state index in [9.17, 15) is 4.79 Å². The van der Waals surface area contributed by atoms with Crippen LogP contribution in [0.25, 0.3) is 0 Å². The molecule has 0 radical (unpaired) electrons. The lowest BCUT2D eigenvalue weighted by Gasteiger charge is -2.05. The minimum atomic E-state index is -0.0918. The molecule has 0 aliphatic carbocycles. The number of benzene rings is 1. The first kappa shape index (κ1) is 12.1. The van der Waals surface area contributed by atoms with E-state index in [0.29, 0.717) is 17.0 Å². The summed E-state index contributed by atoms with van der Waals surface area (Å²) in [4.78, 5) is 16.7. The Morgan fingerprint density at radius 2 is 2.24 bits per heavy atom. The minimum absolute atomic E-state index is 0.0918. The molecule has 0 unspecified atom stereocenters. The van der Waals surface area contributed by atoms with Gasteiger partial charge in [0.15, 0.2) is 0 Å². The molecule has 0 fully saturated rings. The van der Waals surface area contributed by atoms with Gasteiger partial charge in [-0.1, -0.05) is 12.1 Å². The number of rotatable bonds is 4. The topological polar surface area (TPSA) is 42.0 Å². The maximum absolute atomic E-state index is 11.8. The maximum atomic E-state index is 11.8. The third-order valence-corrected chi connectivity index (χ3v) is 3.32. The zero-order valence-electron chi connectivity index (χ0n) is 9.09. The lowest BCUT2D eigenvalue weighted by molar-refractivity contribution is 0.0951. The molecule has 0 spiro atoms. The molecule has 1 amide bonds. The normalized spacial score (nSPS) is 10.2. The quantitative estimate of drug-likeness (QED) is 0.833. The second-order valence-corrected chi connectivity index (χ2v) is 4.70. The van der Waals surface area contributed by atoms with Crippen LogP contribution >= 0.6 is 24.0 Å². The number of nitrogens with zero attached hydrogens (tertiary/aromatic N) is 1. The highest BCUT2D eigenvalue weighted by Gasteiger charge is 2.07. The number of hydrogen-bond donors (Lipinski definition) is 2. The summed E-state index contributed by atoms with van der Waals surface area (Å²) < 4.78 is 0. The van der Waals surface area contributed by atoms with Gasteiger partial charge in [0.1, 0.15) is 0 Å². The van der Waals surface area contributed by atoms with Crippen molar-refractivity contribution < 1.29 is 4.79 Å². The van der Waals surface area contributed by atoms with Gasteiger partial charge >= 0.3 is 0 Å². The molecule has 1 heterocycles. The lowest BCUT2D eigenvalue weighted by atomic mass is 10.2. The van der Waals surface area contributed by atoms with Gasteiger partial charge in [-0.25, -0.2) is 4.98 Å². The fraction of sp³-hybridized carbons (Fsp3) is 0.167. The summed E-state index contributed by atoms with van der Waals surface area (Å²) in [6.45, 7) is 0.588. The molecular formula is C12H12N2OS2. The van der Waals surface area contributed by atoms with E-state index in [-0.39, 0.29) is 5.91 Å². The fourth-order valence-corrected chi connectivity index (χ4v) is 2.28. The van der Waals surface area contributed by atoms with Crippen molar-refractivity contribution >= 4 is 29.9 Å². The number of hydrogen-bond acceptors (Lipinski definition) is 4. The third-order valence-electron chi connectivity index (χ3n) is 2.30. The second-order valence-electron chi connectivity index (χ2n) is 3.50. The highest BCUT2D eigenvalue weighted by Crippen LogP contribution is 2.12. The smallest absolute Gasteiger partial charge is 0.252 e. The van der Waals surface area contributed by atoms with Crippen LogP contribution in [0.5, 0.6) is 0 Å². The Kier molecular flexibility index (Phi) is 4.17. The van der Waals surface area contributed by atoms with Crippen LogP contribution in [-0.4, -0.2) is 17.4 Å². The predicted molar refractivity (Wildman–Crippen MR) is 71.8 cm³/mol. The summed E-state index contributed by atoms with van der Waals surface area (Å²) in [5.74, 6) is -0.0918. The molecule has 17 heavy (non-hydrogen) atoms. The number of carbonyl (C=O) groups excluding carboxylic acids is 1. The van der Waals surface area contributed by atoms with Gasteiger partial charge in [0.2, 0.25) is 0 Å². The van der Waals surface area contributed by atoms with E-state index in [1.807, 2.05) is 17.5 Å². The van der Waals surface area contributed by atoms with E-state index in [1.165, 1.54) is 0 Å². The van der Waals surface area contributed by atoms with Crippen molar-refractivity contribution in [1.82, 2.24) is 10.3 Å². The average Bonchev–Trinajstić information content (AvgIpc) is 2.82. The molecule has 5 heteroatoms. The third kappa shape index (κ3) is 3.31. The maximum Gasteiger partial charge on any atom is 0.252 e. The van der Waals surface area contributed by atoms with Crippen LogP contribution in [0.15, 0.2) is 40.1 Å². The standard InChI is InChI=1S/C12H12N2OS2/c15-12(10-3-1-2-4-11(10)16)13-6-5-9-7-17-8-14-9/h1-4,7-8,16H,5-6H2,(H,13,15). The van der Waals surface area contributed by atoms with Gasteiger partial charge in [-0.05, 0) is 12.1 Å². The molecule has 0 bridgehead atoms. The molecule has 88 valence electrons. The van der Waals surface area contributed by atoms with Gasteiger partial charge in [-0.15, -0.1) is 24.0 Å². The molecule has 0 saturated carbocycles. The number of amides is 1. The zero-order chi connectivity index (χ0) is 12.1. The monoisotopic (exact) mass is 264 g/mol. The molecular weight excluding hydrogens is 252 g/mol. The molecule has 2 rings (SSSR count). The van der Waals surface area contributed by atoms with E-state index in [0.717, 1.165) is 12.1 Å². The summed E-state index contributed by atoms with van der Waals surface area (Å²) in [6.07, 6.45) is 0.754. The molecule has 0 aliphatic rings. The number of carbonyl (C=O) groups is 1. The first-order valence-electron chi connectivity index (χ1n) is 5.20. The first-order valence-corrected chi connectivity index (χ1v) is 6.59. The Balaban J connectivity index is 1.88. The molecule has 2 aromatic rings. The fourth-order valence-electron chi connectivity index (χ4n) is 1.43. The highest BCUT2D eigenvalue weighted by molar-refractivity contribution is 7.80. The van der Waals surface area contributed by atoms with Crippen molar-refractivity contribution in [3.8, 4) is 0 Å². The van der Waals surface area contributed by atoms with Crippen molar-refractivity contribution in [3.63, 3.8) is 0 Å². The Morgan fingerprint density at radius 3 is 2.94 bits per heavy atom. The lowest BCUT2D eigenvalue weighted by Crippen LogP contribution is -2.26. The number of thiol groups is 1. The van der Waals surface area contributed by atoms with E-state index in [4.69, 9.17) is 0 Å². The van der Waals surface area contributed by atoms with Gasteiger partial charge in [-0.2, -0.15) is 0 Å². The van der Waals surface area contributed by atoms with Crippen LogP contribution in [0.3, 0.4) is 0 Å². The number of thiazole rings is 1. The minimum Gasteiger partial charge on any atom is -0.352 e. The second kappa shape index (κ2) is 5.84. The molecule has 1 aromatic carbocycles. The van der Waals surface area contributed by atoms with Gasteiger partial charge in [-0.3, -0.25) is 4.79 Å². The van der Waals surface area contributed by atoms with Crippen molar-refractivity contribution in [1.29, 1.82) is 0 Å². The van der Waals surface area contributed by atoms with Crippen LogP contribution < -0.4 is 5.32 Å². The largest absolute Gasteiger partial charge is 0.352 e. The van der Waals surface area contributed by atoms with Crippen molar-refractivity contribution in [3.05, 3.63) is 46.4 Å². The van der Waals surface area contributed by atoms with Gasteiger partial charge in [0, 0.05) is 23.2 Å². The summed E-state index contributed by atoms with van der Waals surface area (Å²) >= 11 is 5.81. The van der Waals surface area contributed by atoms with Crippen molar-refractivity contribution in [2.24, 2.45) is 0 Å². The van der Waals surface area contributed by atoms with Gasteiger partial charge in [0.05, 0.1) is 16.8 Å². The Labute approximate surface area is 109 Å². The van der Waals surface area contributed by atoms with Crippen LogP contribution in [0.2, 0.25) is 0 Å². The van der Waals surface area contributed by atoms with E-state index in [2.05, 4.69) is 22.9 Å². The summed E-state index contributed by atoms with van der Waals surface area (Å²) in [5.41, 5.74) is 3.41. The zero-order valence-corrected chi connectivity index (χ0v) is 10.8. The van der Waals surface area contributed by atoms with E-state index in [1.54, 1.807) is 29.0 Å². The molecule has 0 aliphatic heterocycles. The van der Waals surface area contributed by atoms with Crippen LogP contribution in [-0.2, 0) is 6.42 Å². The molecule has 0 saturated heterocycles. The predicted octanol–water partition coefficient (Wildman–Crippen LogP) is 2.40. The average molecular weight is 264 g/mol. The highest BCUT2D eigenvalue weighted by atomic mass is 32.1. The van der Waals surface area contributed by atoms with Crippen LogP contribution in [0.4, 0.5) is 0 Å². The van der Waals surface area contributed by atoms with Crippen molar-refractivity contribution in [2.75, 3.05) is 6.54 Å². The summed E-state index contributed by atoms with van der Waals surface area (Å²) in [5, 5.41) is 4.84. The van der Waals surface area contributed by atoms with E-state index < -0.39 is 0 Å². The summed E-state index contributed by atoms with van der Waals surface area (Å²) in [6, 6.07) is 7.25. The Morgan fingerprint density at radius 1 is 1.41 bits per heavy atom. The Hall–Kier alpha value is -1.33. The molecule has 3 nitrogen and oxygen atoms in total. The van der Waals surface area contributed by atoms with Gasteiger partial charge < -0.3 is 5.32 Å². The SMILES string of the molecule is O=C(NCCc1cscn1)c1ccccc1S. The van der Waals surface area contributed by atoms with Crippen molar-refractivity contribution in [2.45, 2.75) is 11.3 Å². The van der Waals surface area contributed by atoms with Crippen LogP contribution in [0, 0.1) is 0 Å².